The van der Waals surface area contributed by atoms with Gasteiger partial charge in [0, 0.05) is 22.6 Å². The number of aliphatic carboxylic acids is 1. The van der Waals surface area contributed by atoms with Crippen molar-refractivity contribution in [2.75, 3.05) is 0 Å². The van der Waals surface area contributed by atoms with Crippen LogP contribution in [-0.4, -0.2) is 40.7 Å². The molecule has 0 aromatic rings. The number of hydrogen-bond acceptors (Lipinski definition) is 2. The maximum atomic E-state index is 9.60. The summed E-state index contributed by atoms with van der Waals surface area (Å²) in [6, 6.07) is 7.58. The highest BCUT2D eigenvalue weighted by Crippen LogP contribution is 2.45. The molecule has 162 valence electrons. The van der Waals surface area contributed by atoms with Crippen LogP contribution in [0, 0.1) is 0 Å². The van der Waals surface area contributed by atoms with Crippen molar-refractivity contribution >= 4 is 30.0 Å². The van der Waals surface area contributed by atoms with Gasteiger partial charge in [0.25, 0.3) is 0 Å². The summed E-state index contributed by atoms with van der Waals surface area (Å²) in [7, 11) is -2.25. The van der Waals surface area contributed by atoms with Gasteiger partial charge in [0.15, 0.2) is 7.83 Å². The third-order valence-corrected chi connectivity index (χ3v) is 39.0. The van der Waals surface area contributed by atoms with Crippen molar-refractivity contribution in [2.45, 2.75) is 129 Å². The molecule has 0 bridgehead atoms. The Balaban J connectivity index is 0.000000972. The number of hydrogen-bond donors (Lipinski definition) is 1. The molecule has 0 radical (unpaired) electrons. The molecule has 1 saturated heterocycles. The first-order valence-corrected chi connectivity index (χ1v) is 21.3. The second-order valence-electron chi connectivity index (χ2n) is 8.78. The maximum Gasteiger partial charge on any atom is 0.303 e. The topological polar surface area (TPSA) is 46.5 Å². The van der Waals surface area contributed by atoms with Crippen LogP contribution in [0.2, 0.25) is 30.2 Å². The fraction of sp³-hybridized carbons (Fsp3) is 0.952. The molecule has 3 nitrogen and oxygen atoms in total. The van der Waals surface area contributed by atoms with E-state index in [1.54, 1.807) is 12.1 Å². The molecule has 0 aromatic carbocycles. The van der Waals surface area contributed by atoms with Gasteiger partial charge in [-0.15, -0.1) is 0 Å². The second kappa shape index (κ2) is 13.3. The lowest BCUT2D eigenvalue weighted by Crippen LogP contribution is -2.68. The minimum absolute atomic E-state index is 0.0612. The molecule has 0 aromatic heterocycles. The predicted molar refractivity (Wildman–Crippen MR) is 128 cm³/mol. The Morgan fingerprint density at radius 3 is 1.93 bits per heavy atom. The third kappa shape index (κ3) is 8.54. The first-order valence-electron chi connectivity index (χ1n) is 11.7. The highest BCUT2D eigenvalue weighted by atomic mass is 29.6. The highest BCUT2D eigenvalue weighted by molar-refractivity contribution is 7.52. The van der Waals surface area contributed by atoms with Crippen LogP contribution in [0.15, 0.2) is 0 Å². The van der Waals surface area contributed by atoms with Crippen LogP contribution in [0.5, 0.6) is 0 Å². The summed E-state index contributed by atoms with van der Waals surface area (Å²) in [5, 5.41) is 7.91. The average molecular weight is 433 g/mol. The van der Waals surface area contributed by atoms with E-state index in [1.807, 2.05) is 6.92 Å². The average Bonchev–Trinajstić information content (AvgIpc) is 2.62. The molecule has 1 heterocycles. The molecule has 27 heavy (non-hydrogen) atoms. The molecule has 0 amide bonds. The zero-order valence-electron chi connectivity index (χ0n) is 19.5. The molecule has 0 aliphatic carbocycles. The van der Waals surface area contributed by atoms with Crippen molar-refractivity contribution in [3.63, 3.8) is 0 Å². The normalized spacial score (nSPS) is 31.4. The molecule has 1 aliphatic rings. The van der Waals surface area contributed by atoms with E-state index in [4.69, 9.17) is 9.53 Å². The van der Waals surface area contributed by atoms with Crippen LogP contribution in [0.1, 0.15) is 93.4 Å². The van der Waals surface area contributed by atoms with E-state index in [1.165, 1.54) is 50.2 Å². The quantitative estimate of drug-likeness (QED) is 0.392. The Hall–Kier alpha value is 0.0806. The highest BCUT2D eigenvalue weighted by Gasteiger charge is 2.54. The second-order valence-corrected chi connectivity index (χ2v) is 30.1. The fourth-order valence-corrected chi connectivity index (χ4v) is 47.7. The zero-order valence-corrected chi connectivity index (χ0v) is 22.9. The summed E-state index contributed by atoms with van der Waals surface area (Å²) < 4.78 is 7.18. The van der Waals surface area contributed by atoms with Crippen molar-refractivity contribution in [3.05, 3.63) is 0 Å². The van der Waals surface area contributed by atoms with E-state index in [2.05, 4.69) is 41.5 Å². The summed E-state index contributed by atoms with van der Waals surface area (Å²) in [5.74, 6) is -0.711. The summed E-state index contributed by atoms with van der Waals surface area (Å²) in [4.78, 5) is 9.60. The molecule has 6 heteroatoms. The smallest absolute Gasteiger partial charge is 0.303 e. The Bertz CT molecular complexity index is 362. The van der Waals surface area contributed by atoms with Crippen LogP contribution in [0.4, 0.5) is 0 Å². The van der Waals surface area contributed by atoms with Gasteiger partial charge in [0.2, 0.25) is 0 Å². The van der Waals surface area contributed by atoms with Gasteiger partial charge in [-0.25, -0.2) is 0 Å². The number of carbonyl (C=O) groups is 1. The Labute approximate surface area is 173 Å². The van der Waals surface area contributed by atoms with Crippen LogP contribution in [0.3, 0.4) is 0 Å². The standard InChI is InChI=1S/C17H40OSi3.C4H8O2/c1-7-13-17(10-4)16-20(11-5,14-8-2)19-21(12-6,18-17)15-9-3;1-2-3-4(5)6/h7-16,19H2,1-6H3;2-3H2,1H3,(H,5,6). The van der Waals surface area contributed by atoms with Crippen LogP contribution >= 0.6 is 0 Å². The van der Waals surface area contributed by atoms with E-state index in [9.17, 15) is 4.79 Å². The predicted octanol–water partition coefficient (Wildman–Crippen LogP) is 6.25. The first kappa shape index (κ1) is 27.1. The zero-order chi connectivity index (χ0) is 21.0. The molecule has 0 saturated carbocycles. The van der Waals surface area contributed by atoms with Gasteiger partial charge in [-0.05, 0) is 37.4 Å². The first-order chi connectivity index (χ1) is 12.8. The maximum absolute atomic E-state index is 9.60. The van der Waals surface area contributed by atoms with Gasteiger partial charge < -0.3 is 9.53 Å². The molecule has 1 rings (SSSR count). The summed E-state index contributed by atoms with van der Waals surface area (Å²) in [6.07, 6.45) is 7.71. The van der Waals surface area contributed by atoms with Crippen molar-refractivity contribution in [1.29, 1.82) is 0 Å². The molecule has 1 aliphatic heterocycles. The van der Waals surface area contributed by atoms with E-state index in [0.717, 1.165) is 6.42 Å². The van der Waals surface area contributed by atoms with Gasteiger partial charge in [-0.3, -0.25) is 4.79 Å². The van der Waals surface area contributed by atoms with Crippen molar-refractivity contribution < 1.29 is 14.3 Å². The van der Waals surface area contributed by atoms with Crippen LogP contribution in [0.25, 0.3) is 0 Å². The molecule has 3 atom stereocenters. The Morgan fingerprint density at radius 2 is 1.59 bits per heavy atom. The molecule has 3 unspecified atom stereocenters. The molecular formula is C21H48O3Si3. The molecule has 1 fully saturated rings. The lowest BCUT2D eigenvalue weighted by molar-refractivity contribution is -0.137. The van der Waals surface area contributed by atoms with E-state index in [0.29, 0.717) is 12.0 Å². The molecule has 1 N–H and O–H groups in total. The SMILES string of the molecule is CCCC(=O)O.CCCC1(CC)C[Si](CC)(CCC)[SiH2][Si](CC)(CCC)O1. The monoisotopic (exact) mass is 432 g/mol. The van der Waals surface area contributed by atoms with Crippen LogP contribution in [-0.2, 0) is 9.22 Å². The van der Waals surface area contributed by atoms with Gasteiger partial charge in [0.05, 0.1) is 5.60 Å². The molecule has 0 spiro atoms. The third-order valence-electron chi connectivity index (χ3n) is 6.52. The minimum Gasteiger partial charge on any atom is -0.481 e. The number of carboxylic acids is 1. The summed E-state index contributed by atoms with van der Waals surface area (Å²) in [5.41, 5.74) is 0.300. The van der Waals surface area contributed by atoms with Gasteiger partial charge >= 0.3 is 5.97 Å². The Kier molecular flexibility index (Phi) is 13.4. The largest absolute Gasteiger partial charge is 0.481 e. The summed E-state index contributed by atoms with van der Waals surface area (Å²) in [6.45, 7) is 16.4. The summed E-state index contributed by atoms with van der Waals surface area (Å²) >= 11 is 0. The van der Waals surface area contributed by atoms with Gasteiger partial charge in [-0.2, -0.15) is 0 Å². The Morgan fingerprint density at radius 1 is 0.963 bits per heavy atom. The lowest BCUT2D eigenvalue weighted by atomic mass is 9.97. The molecular weight excluding hydrogens is 384 g/mol. The van der Waals surface area contributed by atoms with Crippen molar-refractivity contribution in [1.82, 2.24) is 0 Å². The van der Waals surface area contributed by atoms with Gasteiger partial charge in [0.1, 0.15) is 0 Å². The van der Waals surface area contributed by atoms with Gasteiger partial charge in [-0.1, -0.05) is 79.8 Å². The van der Waals surface area contributed by atoms with Crippen molar-refractivity contribution in [3.8, 4) is 0 Å². The van der Waals surface area contributed by atoms with Crippen LogP contribution < -0.4 is 0 Å². The number of carboxylic acid groups (broad SMARTS) is 1. The van der Waals surface area contributed by atoms with E-state index >= 15 is 0 Å². The van der Waals surface area contributed by atoms with Crippen molar-refractivity contribution in [2.24, 2.45) is 0 Å². The fourth-order valence-electron chi connectivity index (χ4n) is 5.25. The minimum atomic E-state index is -1.34. The van der Waals surface area contributed by atoms with E-state index < -0.39 is 21.4 Å². The van der Waals surface area contributed by atoms with E-state index in [-0.39, 0.29) is 8.55 Å². The number of rotatable bonds is 11. The lowest BCUT2D eigenvalue weighted by Gasteiger charge is -2.55.